The van der Waals surface area contributed by atoms with E-state index in [-0.39, 0.29) is 34.3 Å². The molecule has 35 heavy (non-hydrogen) atoms. The van der Waals surface area contributed by atoms with E-state index in [0.717, 1.165) is 10.8 Å². The van der Waals surface area contributed by atoms with Gasteiger partial charge in [0.25, 0.3) is 0 Å². The molecular weight excluding hydrogens is 506 g/mol. The molecule has 0 spiro atoms. The van der Waals surface area contributed by atoms with Crippen molar-refractivity contribution in [3.8, 4) is 6.07 Å². The van der Waals surface area contributed by atoms with E-state index in [9.17, 15) is 22.1 Å². The molecular formula is C25H24ClN3O4S2. The molecule has 0 aromatic heterocycles. The normalized spacial score (nSPS) is 22.2. The molecule has 1 aliphatic heterocycles. The first kappa shape index (κ1) is 24.2. The molecule has 182 valence electrons. The summed E-state index contributed by atoms with van der Waals surface area (Å²) in [6, 6.07) is 20.2. The summed E-state index contributed by atoms with van der Waals surface area (Å²) in [6.07, 6.45) is 1.48. The van der Waals surface area contributed by atoms with Crippen molar-refractivity contribution >= 4 is 42.2 Å². The number of hydrogen-bond acceptors (Lipinski definition) is 6. The molecule has 3 aromatic rings. The number of rotatable bonds is 7. The third-order valence-corrected chi connectivity index (χ3v) is 11.4. The van der Waals surface area contributed by atoms with Gasteiger partial charge in [0, 0.05) is 19.1 Å². The van der Waals surface area contributed by atoms with Gasteiger partial charge in [-0.15, -0.1) is 0 Å². The highest BCUT2D eigenvalue weighted by Gasteiger charge is 2.48. The molecule has 5 rings (SSSR count). The average Bonchev–Trinajstić information content (AvgIpc) is 3.50. The SMILES string of the molecule is N#CC1(NCC2CC(S(=O)(=O)c3ccccc3Cl)CN2S(=O)(=O)c2ccc3ccccc3c2)CC1. The predicted molar refractivity (Wildman–Crippen MR) is 134 cm³/mol. The monoisotopic (exact) mass is 529 g/mol. The summed E-state index contributed by atoms with van der Waals surface area (Å²) in [5, 5.41) is 13.5. The van der Waals surface area contributed by atoms with Crippen LogP contribution in [0.3, 0.4) is 0 Å². The molecule has 0 bridgehead atoms. The van der Waals surface area contributed by atoms with Crippen molar-refractivity contribution in [3.05, 3.63) is 71.8 Å². The first-order chi connectivity index (χ1) is 16.7. The Bertz CT molecular complexity index is 1550. The van der Waals surface area contributed by atoms with Crippen LogP contribution in [0.15, 0.2) is 76.5 Å². The lowest BCUT2D eigenvalue weighted by Crippen LogP contribution is -2.44. The maximum absolute atomic E-state index is 13.8. The van der Waals surface area contributed by atoms with Gasteiger partial charge in [0.1, 0.15) is 5.54 Å². The van der Waals surface area contributed by atoms with Gasteiger partial charge in [-0.2, -0.15) is 9.57 Å². The third kappa shape index (κ3) is 4.46. The van der Waals surface area contributed by atoms with Gasteiger partial charge in [-0.05, 0) is 54.3 Å². The van der Waals surface area contributed by atoms with E-state index in [0.29, 0.717) is 12.8 Å². The lowest BCUT2D eigenvalue weighted by molar-refractivity contribution is 0.363. The van der Waals surface area contributed by atoms with E-state index in [1.54, 1.807) is 30.3 Å². The fraction of sp³-hybridized carbons (Fsp3) is 0.320. The first-order valence-corrected chi connectivity index (χ1v) is 14.7. The van der Waals surface area contributed by atoms with E-state index in [1.165, 1.54) is 16.4 Å². The summed E-state index contributed by atoms with van der Waals surface area (Å²) in [5.74, 6) is 0. The van der Waals surface area contributed by atoms with Gasteiger partial charge in [0.15, 0.2) is 9.84 Å². The molecule has 2 fully saturated rings. The molecule has 1 saturated heterocycles. The fourth-order valence-corrected chi connectivity index (χ4v) is 8.70. The van der Waals surface area contributed by atoms with Crippen LogP contribution < -0.4 is 5.32 Å². The molecule has 2 unspecified atom stereocenters. The van der Waals surface area contributed by atoms with Gasteiger partial charge in [0.2, 0.25) is 10.0 Å². The number of hydrogen-bond donors (Lipinski definition) is 1. The summed E-state index contributed by atoms with van der Waals surface area (Å²) in [6.45, 7) is 0.00350. The van der Waals surface area contributed by atoms with Crippen molar-refractivity contribution in [1.82, 2.24) is 9.62 Å². The van der Waals surface area contributed by atoms with Crippen LogP contribution in [0.2, 0.25) is 5.02 Å². The molecule has 1 N–H and O–H groups in total. The van der Waals surface area contributed by atoms with Crippen LogP contribution in [0.5, 0.6) is 0 Å². The zero-order chi connectivity index (χ0) is 24.8. The Kier molecular flexibility index (Phi) is 6.14. The molecule has 0 amide bonds. The molecule has 1 aliphatic carbocycles. The first-order valence-electron chi connectivity index (χ1n) is 11.3. The summed E-state index contributed by atoms with van der Waals surface area (Å²) >= 11 is 6.19. The van der Waals surface area contributed by atoms with Gasteiger partial charge < -0.3 is 0 Å². The molecule has 0 radical (unpaired) electrons. The number of sulfone groups is 1. The Morgan fingerprint density at radius 2 is 1.69 bits per heavy atom. The Hall–Kier alpha value is -2.48. The minimum Gasteiger partial charge on any atom is -0.298 e. The van der Waals surface area contributed by atoms with E-state index >= 15 is 0 Å². The molecule has 7 nitrogen and oxygen atoms in total. The van der Waals surface area contributed by atoms with Gasteiger partial charge in [0.05, 0.1) is 26.1 Å². The van der Waals surface area contributed by atoms with Gasteiger partial charge >= 0.3 is 0 Å². The zero-order valence-corrected chi connectivity index (χ0v) is 21.2. The number of sulfonamides is 1. The summed E-state index contributed by atoms with van der Waals surface area (Å²) in [7, 11) is -7.89. The van der Waals surface area contributed by atoms with E-state index in [1.807, 2.05) is 24.3 Å². The predicted octanol–water partition coefficient (Wildman–Crippen LogP) is 3.74. The van der Waals surface area contributed by atoms with Crippen molar-refractivity contribution in [2.75, 3.05) is 13.1 Å². The quantitative estimate of drug-likeness (QED) is 0.499. The Morgan fingerprint density at radius 3 is 2.37 bits per heavy atom. The fourth-order valence-electron chi connectivity index (χ4n) is 4.63. The molecule has 2 atom stereocenters. The molecule has 10 heteroatoms. The van der Waals surface area contributed by atoms with Crippen molar-refractivity contribution in [2.45, 2.75) is 45.9 Å². The maximum Gasteiger partial charge on any atom is 0.243 e. The Balaban J connectivity index is 1.50. The summed E-state index contributed by atoms with van der Waals surface area (Å²) < 4.78 is 55.8. The number of nitrogens with zero attached hydrogens (tertiary/aromatic N) is 2. The highest BCUT2D eigenvalue weighted by atomic mass is 35.5. The van der Waals surface area contributed by atoms with Crippen molar-refractivity contribution in [2.24, 2.45) is 0 Å². The Morgan fingerprint density at radius 1 is 1.00 bits per heavy atom. The number of benzene rings is 3. The second kappa shape index (κ2) is 8.87. The van der Waals surface area contributed by atoms with Crippen LogP contribution in [-0.4, -0.2) is 51.1 Å². The standard InChI is InChI=1S/C25H24ClN3O4S2/c26-23-7-3-4-8-24(23)34(30,31)22-14-20(15-28-25(17-27)11-12-25)29(16-22)35(32,33)21-10-9-18-5-1-2-6-19(18)13-21/h1-10,13,20,22,28H,11-12,14-16H2. The number of nitriles is 1. The maximum atomic E-state index is 13.8. The average molecular weight is 530 g/mol. The minimum absolute atomic E-state index is 0.000910. The van der Waals surface area contributed by atoms with Crippen LogP contribution in [0.4, 0.5) is 0 Å². The number of halogens is 1. The number of fused-ring (bicyclic) bond motifs is 1. The summed E-state index contributed by atoms with van der Waals surface area (Å²) in [5.41, 5.74) is -0.655. The van der Waals surface area contributed by atoms with Crippen LogP contribution >= 0.6 is 11.6 Å². The third-order valence-electron chi connectivity index (χ3n) is 6.88. The lowest BCUT2D eigenvalue weighted by atomic mass is 10.1. The van der Waals surface area contributed by atoms with Gasteiger partial charge in [-0.1, -0.05) is 54.1 Å². The smallest absolute Gasteiger partial charge is 0.243 e. The van der Waals surface area contributed by atoms with Crippen molar-refractivity contribution in [1.29, 1.82) is 5.26 Å². The van der Waals surface area contributed by atoms with Crippen molar-refractivity contribution in [3.63, 3.8) is 0 Å². The van der Waals surface area contributed by atoms with Crippen LogP contribution in [0.25, 0.3) is 10.8 Å². The van der Waals surface area contributed by atoms with Crippen molar-refractivity contribution < 1.29 is 16.8 Å². The highest BCUT2D eigenvalue weighted by Crippen LogP contribution is 2.37. The van der Waals surface area contributed by atoms with Crippen LogP contribution in [-0.2, 0) is 19.9 Å². The second-order valence-corrected chi connectivity index (χ2v) is 13.6. The zero-order valence-electron chi connectivity index (χ0n) is 18.8. The minimum atomic E-state index is -4.01. The molecule has 1 heterocycles. The van der Waals surface area contributed by atoms with E-state index in [2.05, 4.69) is 11.4 Å². The topological polar surface area (TPSA) is 107 Å². The molecule has 1 saturated carbocycles. The van der Waals surface area contributed by atoms with Crippen LogP contribution in [0, 0.1) is 11.3 Å². The summed E-state index contributed by atoms with van der Waals surface area (Å²) in [4.78, 5) is 0.109. The number of nitrogens with one attached hydrogen (secondary N) is 1. The van der Waals surface area contributed by atoms with Gasteiger partial charge in [-0.3, -0.25) is 5.32 Å². The van der Waals surface area contributed by atoms with Gasteiger partial charge in [-0.25, -0.2) is 16.8 Å². The Labute approximate surface area is 210 Å². The van der Waals surface area contributed by atoms with E-state index in [4.69, 9.17) is 11.6 Å². The highest BCUT2D eigenvalue weighted by molar-refractivity contribution is 7.92. The van der Waals surface area contributed by atoms with E-state index < -0.39 is 36.7 Å². The lowest BCUT2D eigenvalue weighted by Gasteiger charge is -2.25. The largest absolute Gasteiger partial charge is 0.298 e. The molecule has 3 aromatic carbocycles. The van der Waals surface area contributed by atoms with Crippen LogP contribution in [0.1, 0.15) is 19.3 Å². The second-order valence-electron chi connectivity index (χ2n) is 9.15. The molecule has 2 aliphatic rings.